The highest BCUT2D eigenvalue weighted by Gasteiger charge is 2.24. The number of hydrogen-bond acceptors (Lipinski definition) is 5. The molecule has 1 aromatic carbocycles. The van der Waals surface area contributed by atoms with Crippen LogP contribution in [0.3, 0.4) is 0 Å². The molecule has 7 heteroatoms. The SMILES string of the molecule is COc1ccc(Oc2ccc(NC(=O)[C@H]3CCN[C@@H](C)C3)cn2)cc1.Cl. The number of rotatable bonds is 5. The summed E-state index contributed by atoms with van der Waals surface area (Å²) in [4.78, 5) is 16.6. The van der Waals surface area contributed by atoms with Crippen LogP contribution >= 0.6 is 12.4 Å². The number of benzene rings is 1. The van der Waals surface area contributed by atoms with Crippen LogP contribution < -0.4 is 20.1 Å². The lowest BCUT2D eigenvalue weighted by molar-refractivity contribution is -0.120. The standard InChI is InChI=1S/C19H23N3O3.ClH/c1-13-11-14(9-10-20-13)19(23)22-15-3-8-18(21-12-15)25-17-6-4-16(24-2)5-7-17;/h3-8,12-14,20H,9-11H2,1-2H3,(H,22,23);1H/t13-,14-;/m0./s1. The van der Waals surface area contributed by atoms with Gasteiger partial charge < -0.3 is 20.1 Å². The van der Waals surface area contributed by atoms with Crippen molar-refractivity contribution < 1.29 is 14.3 Å². The number of ether oxygens (including phenoxy) is 2. The zero-order chi connectivity index (χ0) is 17.6. The average Bonchev–Trinajstić information content (AvgIpc) is 2.64. The summed E-state index contributed by atoms with van der Waals surface area (Å²) in [5.74, 6) is 2.02. The van der Waals surface area contributed by atoms with E-state index in [-0.39, 0.29) is 24.2 Å². The number of hydrogen-bond donors (Lipinski definition) is 2. The predicted octanol–water partition coefficient (Wildman–Crippen LogP) is 3.63. The number of carbonyl (C=O) groups is 1. The Balaban J connectivity index is 0.00000243. The van der Waals surface area contributed by atoms with Gasteiger partial charge in [0.05, 0.1) is 19.0 Å². The second-order valence-corrected chi connectivity index (χ2v) is 6.23. The second kappa shape index (κ2) is 9.40. The highest BCUT2D eigenvalue weighted by atomic mass is 35.5. The van der Waals surface area contributed by atoms with Gasteiger partial charge in [-0.05, 0) is 56.6 Å². The summed E-state index contributed by atoms with van der Waals surface area (Å²) in [5.41, 5.74) is 0.679. The molecule has 1 aliphatic rings. The summed E-state index contributed by atoms with van der Waals surface area (Å²) in [7, 11) is 1.62. The van der Waals surface area contributed by atoms with Crippen molar-refractivity contribution in [1.82, 2.24) is 10.3 Å². The Labute approximate surface area is 159 Å². The molecule has 1 amide bonds. The molecule has 0 unspecified atom stereocenters. The number of aromatic nitrogens is 1. The predicted molar refractivity (Wildman–Crippen MR) is 103 cm³/mol. The fraction of sp³-hybridized carbons (Fsp3) is 0.368. The molecule has 2 aromatic rings. The van der Waals surface area contributed by atoms with Crippen molar-refractivity contribution in [3.05, 3.63) is 42.6 Å². The molecule has 26 heavy (non-hydrogen) atoms. The van der Waals surface area contributed by atoms with Crippen LogP contribution in [0.25, 0.3) is 0 Å². The molecular weight excluding hydrogens is 354 g/mol. The van der Waals surface area contributed by atoms with Crippen molar-refractivity contribution in [2.75, 3.05) is 19.0 Å². The molecule has 3 rings (SSSR count). The number of piperidine rings is 1. The number of carbonyl (C=O) groups excluding carboxylic acids is 1. The van der Waals surface area contributed by atoms with Crippen LogP contribution in [0, 0.1) is 5.92 Å². The van der Waals surface area contributed by atoms with Crippen molar-refractivity contribution in [3.63, 3.8) is 0 Å². The molecule has 1 saturated heterocycles. The Kier molecular flexibility index (Phi) is 7.24. The third-order valence-electron chi connectivity index (χ3n) is 4.28. The maximum absolute atomic E-state index is 12.3. The lowest BCUT2D eigenvalue weighted by Gasteiger charge is -2.27. The summed E-state index contributed by atoms with van der Waals surface area (Å²) in [6.45, 7) is 2.98. The minimum absolute atomic E-state index is 0. The number of nitrogens with zero attached hydrogens (tertiary/aromatic N) is 1. The van der Waals surface area contributed by atoms with Gasteiger partial charge in [-0.15, -0.1) is 12.4 Å². The van der Waals surface area contributed by atoms with Gasteiger partial charge in [0, 0.05) is 18.0 Å². The highest BCUT2D eigenvalue weighted by Crippen LogP contribution is 2.24. The van der Waals surface area contributed by atoms with E-state index in [1.807, 2.05) is 24.3 Å². The van der Waals surface area contributed by atoms with Crippen molar-refractivity contribution in [2.24, 2.45) is 5.92 Å². The van der Waals surface area contributed by atoms with E-state index < -0.39 is 0 Å². The van der Waals surface area contributed by atoms with E-state index in [1.165, 1.54) is 0 Å². The smallest absolute Gasteiger partial charge is 0.227 e. The molecule has 1 aromatic heterocycles. The number of nitrogens with one attached hydrogen (secondary N) is 2. The second-order valence-electron chi connectivity index (χ2n) is 6.23. The van der Waals surface area contributed by atoms with E-state index in [0.717, 1.165) is 25.1 Å². The summed E-state index contributed by atoms with van der Waals surface area (Å²) in [6, 6.07) is 11.2. The zero-order valence-corrected chi connectivity index (χ0v) is 15.7. The van der Waals surface area contributed by atoms with Crippen LogP contribution in [0.2, 0.25) is 0 Å². The monoisotopic (exact) mass is 377 g/mol. The van der Waals surface area contributed by atoms with Gasteiger partial charge in [0.1, 0.15) is 11.5 Å². The van der Waals surface area contributed by atoms with Crippen molar-refractivity contribution >= 4 is 24.0 Å². The molecule has 0 spiro atoms. The fourth-order valence-corrected chi connectivity index (χ4v) is 2.89. The maximum Gasteiger partial charge on any atom is 0.227 e. The number of halogens is 1. The Morgan fingerprint density at radius 1 is 1.19 bits per heavy atom. The van der Waals surface area contributed by atoms with E-state index in [0.29, 0.717) is 23.4 Å². The van der Waals surface area contributed by atoms with Gasteiger partial charge in [0.2, 0.25) is 11.8 Å². The van der Waals surface area contributed by atoms with Gasteiger partial charge in [-0.25, -0.2) is 4.98 Å². The topological polar surface area (TPSA) is 72.5 Å². The first-order chi connectivity index (χ1) is 12.1. The molecule has 1 aliphatic heterocycles. The van der Waals surface area contributed by atoms with Crippen LogP contribution in [-0.2, 0) is 4.79 Å². The lowest BCUT2D eigenvalue weighted by Crippen LogP contribution is -2.40. The van der Waals surface area contributed by atoms with Crippen LogP contribution in [-0.4, -0.2) is 30.6 Å². The largest absolute Gasteiger partial charge is 0.497 e. The third kappa shape index (κ3) is 5.34. The van der Waals surface area contributed by atoms with Crippen molar-refractivity contribution in [2.45, 2.75) is 25.8 Å². The molecule has 0 radical (unpaired) electrons. The first-order valence-electron chi connectivity index (χ1n) is 8.46. The Morgan fingerprint density at radius 2 is 1.92 bits per heavy atom. The van der Waals surface area contributed by atoms with Gasteiger partial charge in [-0.1, -0.05) is 0 Å². The number of amides is 1. The van der Waals surface area contributed by atoms with Gasteiger partial charge in [0.15, 0.2) is 0 Å². The molecule has 6 nitrogen and oxygen atoms in total. The molecule has 140 valence electrons. The van der Waals surface area contributed by atoms with E-state index in [9.17, 15) is 4.79 Å². The van der Waals surface area contributed by atoms with Crippen LogP contribution in [0.1, 0.15) is 19.8 Å². The summed E-state index contributed by atoms with van der Waals surface area (Å²) in [5, 5.41) is 6.29. The molecule has 0 bridgehead atoms. The van der Waals surface area contributed by atoms with Crippen LogP contribution in [0.15, 0.2) is 42.6 Å². The maximum atomic E-state index is 12.3. The van der Waals surface area contributed by atoms with Gasteiger partial charge in [-0.3, -0.25) is 4.79 Å². The van der Waals surface area contributed by atoms with Crippen LogP contribution in [0.5, 0.6) is 17.4 Å². The van der Waals surface area contributed by atoms with Crippen molar-refractivity contribution in [3.8, 4) is 17.4 Å². The van der Waals surface area contributed by atoms with Gasteiger partial charge >= 0.3 is 0 Å². The number of anilines is 1. The summed E-state index contributed by atoms with van der Waals surface area (Å²) in [6.07, 6.45) is 3.33. The highest BCUT2D eigenvalue weighted by molar-refractivity contribution is 5.92. The minimum atomic E-state index is 0. The first kappa shape index (κ1) is 20.0. The zero-order valence-electron chi connectivity index (χ0n) is 14.9. The number of pyridine rings is 1. The van der Waals surface area contributed by atoms with E-state index in [2.05, 4.69) is 22.5 Å². The summed E-state index contributed by atoms with van der Waals surface area (Å²) < 4.78 is 10.8. The Morgan fingerprint density at radius 3 is 2.54 bits per heavy atom. The molecule has 0 aliphatic carbocycles. The van der Waals surface area contributed by atoms with E-state index >= 15 is 0 Å². The van der Waals surface area contributed by atoms with E-state index in [1.54, 1.807) is 25.4 Å². The molecule has 2 heterocycles. The van der Waals surface area contributed by atoms with Gasteiger partial charge in [-0.2, -0.15) is 0 Å². The molecule has 0 saturated carbocycles. The molecule has 2 N–H and O–H groups in total. The average molecular weight is 378 g/mol. The minimum Gasteiger partial charge on any atom is -0.497 e. The van der Waals surface area contributed by atoms with E-state index in [4.69, 9.17) is 9.47 Å². The lowest BCUT2D eigenvalue weighted by atomic mass is 9.92. The molecule has 1 fully saturated rings. The quantitative estimate of drug-likeness (QED) is 0.832. The van der Waals surface area contributed by atoms with Crippen LogP contribution in [0.4, 0.5) is 5.69 Å². The molecular formula is C19H24ClN3O3. The molecule has 2 atom stereocenters. The number of methoxy groups -OCH3 is 1. The Hall–Kier alpha value is -2.31. The van der Waals surface area contributed by atoms with Crippen molar-refractivity contribution in [1.29, 1.82) is 0 Å². The summed E-state index contributed by atoms with van der Waals surface area (Å²) >= 11 is 0. The fourth-order valence-electron chi connectivity index (χ4n) is 2.89. The third-order valence-corrected chi connectivity index (χ3v) is 4.28. The normalized spacial score (nSPS) is 19.2. The first-order valence-corrected chi connectivity index (χ1v) is 8.46. The van der Waals surface area contributed by atoms with Gasteiger partial charge in [0.25, 0.3) is 0 Å². The Bertz CT molecular complexity index is 707.